The minimum atomic E-state index is -0.393. The number of carbonyl (C=O) groups is 1. The Bertz CT molecular complexity index is 2710. The van der Waals surface area contributed by atoms with Gasteiger partial charge in [-0.15, -0.1) is 0 Å². The van der Waals surface area contributed by atoms with E-state index in [1.165, 1.54) is 30.8 Å². The number of nitriles is 1. The largest absolute Gasteiger partial charge is 0.489 e. The van der Waals surface area contributed by atoms with E-state index in [-0.39, 0.29) is 29.6 Å². The summed E-state index contributed by atoms with van der Waals surface area (Å²) < 4.78 is 17.6. The molecule has 3 aliphatic rings. The van der Waals surface area contributed by atoms with Crippen LogP contribution in [0.4, 0.5) is 0 Å². The van der Waals surface area contributed by atoms with Gasteiger partial charge in [0.2, 0.25) is 5.78 Å². The summed E-state index contributed by atoms with van der Waals surface area (Å²) in [4.78, 5) is 42.5. The van der Waals surface area contributed by atoms with E-state index in [0.717, 1.165) is 72.1 Å². The zero-order chi connectivity index (χ0) is 41.9. The molecule has 6 aromatic rings. The first-order valence-corrected chi connectivity index (χ1v) is 22.0. The monoisotopic (exact) mass is 890 g/mol. The molecule has 12 nitrogen and oxygen atoms in total. The van der Waals surface area contributed by atoms with Gasteiger partial charge < -0.3 is 19.4 Å². The molecule has 1 N–H and O–H groups in total. The second-order valence-corrected chi connectivity index (χ2v) is 19.0. The number of amides is 1. The molecule has 0 bridgehead atoms. The van der Waals surface area contributed by atoms with Crippen molar-refractivity contribution in [2.45, 2.75) is 90.3 Å². The van der Waals surface area contributed by atoms with Crippen LogP contribution in [0.15, 0.2) is 76.3 Å². The summed E-state index contributed by atoms with van der Waals surface area (Å²) in [6.07, 6.45) is 9.43. The number of benzene rings is 3. The van der Waals surface area contributed by atoms with Gasteiger partial charge in [-0.05, 0) is 103 Å². The van der Waals surface area contributed by atoms with Gasteiger partial charge in [-0.25, -0.2) is 9.97 Å². The lowest BCUT2D eigenvalue weighted by molar-refractivity contribution is -0.164. The summed E-state index contributed by atoms with van der Waals surface area (Å²) in [5.41, 5.74) is 4.21. The van der Waals surface area contributed by atoms with Crippen molar-refractivity contribution in [3.63, 3.8) is 0 Å². The Balaban J connectivity index is 0.797. The molecule has 1 saturated heterocycles. The molecule has 0 unspecified atom stereocenters. The number of rotatable bonds is 10. The lowest BCUT2D eigenvalue weighted by Crippen LogP contribution is -2.74. The number of carbonyl (C=O) groups excluding carboxylic acids is 1. The summed E-state index contributed by atoms with van der Waals surface area (Å²) >= 11 is 9.85. The third-order valence-corrected chi connectivity index (χ3v) is 14.2. The van der Waals surface area contributed by atoms with Crippen molar-refractivity contribution in [2.75, 3.05) is 26.2 Å². The van der Waals surface area contributed by atoms with Crippen molar-refractivity contribution >= 4 is 61.2 Å². The molecule has 14 heteroatoms. The summed E-state index contributed by atoms with van der Waals surface area (Å²) in [6.45, 7) is 11.4. The number of hydrogen-bond donors (Lipinski definition) is 1. The normalized spacial score (nSPS) is 20.6. The number of nitrogens with zero attached hydrogens (tertiary/aromatic N) is 7. The molecule has 1 aliphatic heterocycles. The summed E-state index contributed by atoms with van der Waals surface area (Å²) in [6, 6.07) is 20.3. The lowest BCUT2D eigenvalue weighted by Gasteiger charge is -2.63. The topological polar surface area (TPSA) is 140 Å². The molecule has 2 aliphatic carbocycles. The first kappa shape index (κ1) is 40.4. The Kier molecular flexibility index (Phi) is 10.6. The van der Waals surface area contributed by atoms with Crippen LogP contribution in [0.2, 0.25) is 5.02 Å². The maximum atomic E-state index is 13.4. The smallest absolute Gasteiger partial charge is 0.316 e. The molecular weight excluding hydrogens is 844 g/mol. The number of fused-ring (bicyclic) bond motifs is 5. The highest BCUT2D eigenvalue weighted by Gasteiger charge is 2.64. The number of piperidine rings is 1. The van der Waals surface area contributed by atoms with Crippen LogP contribution in [-0.2, 0) is 0 Å². The van der Waals surface area contributed by atoms with Crippen LogP contribution < -0.4 is 20.3 Å². The van der Waals surface area contributed by atoms with Gasteiger partial charge in [-0.3, -0.25) is 18.9 Å². The first-order chi connectivity index (χ1) is 28.8. The minimum Gasteiger partial charge on any atom is -0.489 e. The van der Waals surface area contributed by atoms with E-state index in [1.54, 1.807) is 18.2 Å². The fourth-order valence-corrected chi connectivity index (χ4v) is 11.2. The number of likely N-dealkylation sites (tertiary alicyclic amines) is 1. The van der Waals surface area contributed by atoms with Gasteiger partial charge in [0.25, 0.3) is 11.5 Å². The molecule has 3 aromatic heterocycles. The van der Waals surface area contributed by atoms with Crippen LogP contribution in [0.1, 0.15) is 99.7 Å². The van der Waals surface area contributed by atoms with Gasteiger partial charge in [-0.2, -0.15) is 10.2 Å². The average molecular weight is 892 g/mol. The quantitative estimate of drug-likeness (QED) is 0.143. The third-order valence-electron chi connectivity index (χ3n) is 13.3. The van der Waals surface area contributed by atoms with Crippen LogP contribution in [0.5, 0.6) is 11.8 Å². The van der Waals surface area contributed by atoms with Gasteiger partial charge in [0.1, 0.15) is 24.5 Å². The molecule has 0 spiro atoms. The maximum absolute atomic E-state index is 13.4. The molecule has 3 aromatic carbocycles. The van der Waals surface area contributed by atoms with Crippen molar-refractivity contribution in [2.24, 2.45) is 10.8 Å². The van der Waals surface area contributed by atoms with E-state index < -0.39 is 10.8 Å². The van der Waals surface area contributed by atoms with Gasteiger partial charge in [0, 0.05) is 52.4 Å². The van der Waals surface area contributed by atoms with E-state index in [4.69, 9.17) is 21.1 Å². The fraction of sp³-hybridized carbons (Fsp3) is 0.435. The highest BCUT2D eigenvalue weighted by molar-refractivity contribution is 9.10. The molecule has 0 radical (unpaired) electrons. The predicted octanol–water partition coefficient (Wildman–Crippen LogP) is 8.87. The van der Waals surface area contributed by atoms with Crippen LogP contribution in [0, 0.1) is 22.2 Å². The van der Waals surface area contributed by atoms with Crippen molar-refractivity contribution in [1.29, 1.82) is 5.26 Å². The Morgan fingerprint density at radius 3 is 2.40 bits per heavy atom. The second kappa shape index (κ2) is 15.8. The highest BCUT2D eigenvalue weighted by Crippen LogP contribution is 2.55. The number of imidazole rings is 1. The molecule has 2 saturated carbocycles. The standard InChI is InChI=1S/C46H48BrClN8O4/c1-45(2)41(46(3,4)42(45)60-32-14-12-29(24-49)34(48)23-32)52-39(57)30-25-50-43(51-26-30)59-21-20-54-18-16-27(17-19-54)28-13-15-35-37(22-28)55(31-8-5-6-9-31)44-53-40(58)38-33(47)10-7-11-36(38)56(35)44/h7,10-15,22-23,25-27,31,41-42H,5-6,8-9,16-21H2,1-4H3,(H,52,57). The van der Waals surface area contributed by atoms with Crippen LogP contribution >= 0.6 is 27.5 Å². The minimum absolute atomic E-state index is 0.184. The predicted molar refractivity (Wildman–Crippen MR) is 235 cm³/mol. The Morgan fingerprint density at radius 2 is 1.70 bits per heavy atom. The summed E-state index contributed by atoms with van der Waals surface area (Å²) in [5, 5.41) is 13.4. The van der Waals surface area contributed by atoms with Crippen LogP contribution in [-0.4, -0.2) is 73.1 Å². The van der Waals surface area contributed by atoms with E-state index in [2.05, 4.69) is 102 Å². The Hall–Kier alpha value is -5.03. The average Bonchev–Trinajstić information content (AvgIpc) is 3.88. The van der Waals surface area contributed by atoms with Crippen LogP contribution in [0.25, 0.3) is 27.7 Å². The third kappa shape index (κ3) is 7.10. The molecule has 9 rings (SSSR count). The van der Waals surface area contributed by atoms with Gasteiger partial charge in [0.05, 0.1) is 38.1 Å². The van der Waals surface area contributed by atoms with Gasteiger partial charge in [0.15, 0.2) is 0 Å². The maximum Gasteiger partial charge on any atom is 0.316 e. The van der Waals surface area contributed by atoms with Gasteiger partial charge >= 0.3 is 6.01 Å². The van der Waals surface area contributed by atoms with Crippen molar-refractivity contribution in [3.05, 3.63) is 104 Å². The second-order valence-electron chi connectivity index (χ2n) is 17.8. The van der Waals surface area contributed by atoms with E-state index in [1.807, 2.05) is 18.2 Å². The molecular formula is C46H48BrClN8O4. The zero-order valence-electron chi connectivity index (χ0n) is 34.3. The zero-order valence-corrected chi connectivity index (χ0v) is 36.6. The number of hydrogen-bond acceptors (Lipinski definition) is 9. The molecule has 60 heavy (non-hydrogen) atoms. The van der Waals surface area contributed by atoms with Crippen LogP contribution in [0.3, 0.4) is 0 Å². The lowest BCUT2D eigenvalue weighted by atomic mass is 9.49. The SMILES string of the molecule is CC1(C)C(NC(=O)c2cnc(OCCN3CCC(c4ccc5c(c4)n(C4CCCC4)c4nc(=O)c6c(Br)cccc6n54)CC3)nc2)C(C)(C)C1Oc1ccc(C#N)c(Cl)c1. The Morgan fingerprint density at radius 1 is 0.967 bits per heavy atom. The molecule has 3 fully saturated rings. The highest BCUT2D eigenvalue weighted by atomic mass is 79.9. The number of nitrogens with one attached hydrogen (secondary N) is 1. The van der Waals surface area contributed by atoms with Gasteiger partial charge in [-0.1, -0.05) is 64.3 Å². The van der Waals surface area contributed by atoms with E-state index >= 15 is 0 Å². The molecule has 4 heterocycles. The molecule has 0 atom stereocenters. The first-order valence-electron chi connectivity index (χ1n) is 20.8. The number of halogens is 2. The Labute approximate surface area is 362 Å². The van der Waals surface area contributed by atoms with Crippen molar-refractivity contribution in [1.82, 2.24) is 34.1 Å². The van der Waals surface area contributed by atoms with E-state index in [0.29, 0.717) is 45.9 Å². The molecule has 310 valence electrons. The molecule has 1 amide bonds. The fourth-order valence-electron chi connectivity index (χ4n) is 10.5. The van der Waals surface area contributed by atoms with E-state index in [9.17, 15) is 14.9 Å². The summed E-state index contributed by atoms with van der Waals surface area (Å²) in [7, 11) is 0. The summed E-state index contributed by atoms with van der Waals surface area (Å²) in [5.74, 6) is 1.48. The van der Waals surface area contributed by atoms with Crippen molar-refractivity contribution < 1.29 is 14.3 Å². The number of ether oxygens (including phenoxy) is 2. The number of aromatic nitrogens is 5. The van der Waals surface area contributed by atoms with Crippen molar-refractivity contribution in [3.8, 4) is 17.8 Å².